The van der Waals surface area contributed by atoms with Crippen molar-refractivity contribution >= 4 is 5.91 Å². The van der Waals surface area contributed by atoms with Crippen LogP contribution in [0.15, 0.2) is 48.6 Å². The predicted octanol–water partition coefficient (Wildman–Crippen LogP) is 15.9. The lowest BCUT2D eigenvalue weighted by molar-refractivity contribution is -0.123. The second-order valence-corrected chi connectivity index (χ2v) is 16.8. The average molecular weight is 784 g/mol. The summed E-state index contributed by atoms with van der Waals surface area (Å²) in [5, 5.41) is 23.1. The first-order valence-corrected chi connectivity index (χ1v) is 24.9. The van der Waals surface area contributed by atoms with Crippen LogP contribution in [0.1, 0.15) is 258 Å². The molecule has 1 amide bonds. The number of nitrogens with one attached hydrogen (secondary N) is 1. The Balaban J connectivity index is 3.55. The number of carbonyl (C=O) groups is 1. The van der Waals surface area contributed by atoms with Crippen molar-refractivity contribution in [2.45, 2.75) is 270 Å². The molecule has 0 radical (unpaired) electrons. The van der Waals surface area contributed by atoms with Crippen molar-refractivity contribution in [3.05, 3.63) is 48.6 Å². The van der Waals surface area contributed by atoms with Crippen molar-refractivity contribution in [3.63, 3.8) is 0 Å². The molecule has 0 saturated heterocycles. The largest absolute Gasteiger partial charge is 0.394 e. The molecule has 0 spiro atoms. The normalized spacial score (nSPS) is 13.3. The van der Waals surface area contributed by atoms with E-state index in [1.54, 1.807) is 6.08 Å². The molecular formula is C52H97NO3. The molecule has 2 unspecified atom stereocenters. The molecule has 0 bridgehead atoms. The Morgan fingerprint density at radius 2 is 0.804 bits per heavy atom. The van der Waals surface area contributed by atoms with Crippen LogP contribution < -0.4 is 5.32 Å². The topological polar surface area (TPSA) is 69.6 Å². The number of rotatable bonds is 45. The zero-order valence-electron chi connectivity index (χ0n) is 37.7. The Hall–Kier alpha value is -1.65. The maximum Gasteiger partial charge on any atom is 0.220 e. The van der Waals surface area contributed by atoms with E-state index in [9.17, 15) is 15.0 Å². The number of aliphatic hydroxyl groups is 2. The maximum absolute atomic E-state index is 12.4. The third kappa shape index (κ3) is 43.5. The van der Waals surface area contributed by atoms with Gasteiger partial charge >= 0.3 is 0 Å². The molecule has 0 saturated carbocycles. The van der Waals surface area contributed by atoms with Gasteiger partial charge in [-0.1, -0.05) is 242 Å². The van der Waals surface area contributed by atoms with Gasteiger partial charge in [-0.05, 0) is 57.8 Å². The van der Waals surface area contributed by atoms with Gasteiger partial charge in [-0.25, -0.2) is 0 Å². The summed E-state index contributed by atoms with van der Waals surface area (Å²) in [6.07, 6.45) is 65.3. The molecule has 0 aliphatic heterocycles. The fourth-order valence-corrected chi connectivity index (χ4v) is 7.53. The van der Waals surface area contributed by atoms with Gasteiger partial charge in [0.1, 0.15) is 0 Å². The highest BCUT2D eigenvalue weighted by Gasteiger charge is 2.17. The second kappa shape index (κ2) is 47.7. The number of unbranched alkanes of at least 4 members (excludes halogenated alkanes) is 32. The number of hydrogen-bond acceptors (Lipinski definition) is 3. The minimum absolute atomic E-state index is 0.0731. The lowest BCUT2D eigenvalue weighted by Crippen LogP contribution is -2.45. The van der Waals surface area contributed by atoms with E-state index in [1.165, 1.54) is 193 Å². The van der Waals surface area contributed by atoms with Crippen LogP contribution in [0.3, 0.4) is 0 Å². The molecule has 0 aliphatic carbocycles. The molecule has 0 heterocycles. The highest BCUT2D eigenvalue weighted by Crippen LogP contribution is 2.16. The molecule has 0 rings (SSSR count). The summed E-state index contributed by atoms with van der Waals surface area (Å²) in [6, 6.07) is -0.639. The first kappa shape index (κ1) is 54.3. The van der Waals surface area contributed by atoms with Crippen LogP contribution in [0, 0.1) is 0 Å². The molecule has 4 heteroatoms. The van der Waals surface area contributed by atoms with Crippen molar-refractivity contribution in [2.75, 3.05) is 6.61 Å². The van der Waals surface area contributed by atoms with Gasteiger partial charge in [0.05, 0.1) is 18.8 Å². The molecule has 0 fully saturated rings. The van der Waals surface area contributed by atoms with Gasteiger partial charge in [-0.2, -0.15) is 0 Å². The van der Waals surface area contributed by atoms with E-state index in [2.05, 4.69) is 55.6 Å². The standard InChI is InChI=1S/C52H97NO3/c1-3-5-7-9-11-13-15-17-19-21-23-25-26-28-29-31-33-35-37-39-41-43-45-47-51(55)50(49-54)53-52(56)48-46-44-42-40-38-36-34-32-30-27-24-22-20-18-16-14-12-10-8-6-4-2/h6,8,12,14,37,39,45,47,50-51,54-55H,3-5,7,9-11,13,15-36,38,40-44,46,48-49H2,1-2H3,(H,53,56)/b8-6-,14-12-,39-37+,47-45+. The smallest absolute Gasteiger partial charge is 0.220 e. The van der Waals surface area contributed by atoms with Crippen LogP contribution in [0.4, 0.5) is 0 Å². The molecule has 2 atom stereocenters. The molecule has 56 heavy (non-hydrogen) atoms. The zero-order valence-corrected chi connectivity index (χ0v) is 37.7. The summed E-state index contributed by atoms with van der Waals surface area (Å²) in [5.74, 6) is -0.0731. The minimum atomic E-state index is -0.863. The van der Waals surface area contributed by atoms with Gasteiger partial charge in [0, 0.05) is 6.42 Å². The van der Waals surface area contributed by atoms with E-state index < -0.39 is 12.1 Å². The van der Waals surface area contributed by atoms with Crippen LogP contribution >= 0.6 is 0 Å². The second-order valence-electron chi connectivity index (χ2n) is 16.8. The maximum atomic E-state index is 12.4. The summed E-state index contributed by atoms with van der Waals surface area (Å²) >= 11 is 0. The van der Waals surface area contributed by atoms with E-state index in [4.69, 9.17) is 0 Å². The molecule has 4 nitrogen and oxygen atoms in total. The Kier molecular flexibility index (Phi) is 46.3. The van der Waals surface area contributed by atoms with Gasteiger partial charge in [0.25, 0.3) is 0 Å². The summed E-state index contributed by atoms with van der Waals surface area (Å²) in [7, 11) is 0. The SMILES string of the molecule is CC/C=C\C/C=C\CCCCCCCCCCCCCCCCC(=O)NC(CO)C(O)/C=C/CC/C=C/CCCCCCCCCCCCCCCCCCC. The monoisotopic (exact) mass is 784 g/mol. The molecule has 0 aromatic carbocycles. The van der Waals surface area contributed by atoms with Crippen LogP contribution in [-0.4, -0.2) is 34.9 Å². The average Bonchev–Trinajstić information content (AvgIpc) is 3.20. The number of hydrogen-bond donors (Lipinski definition) is 3. The molecule has 328 valence electrons. The molecule has 0 aliphatic rings. The Bertz CT molecular complexity index is 893. The van der Waals surface area contributed by atoms with Gasteiger partial charge in [-0.15, -0.1) is 0 Å². The molecular weight excluding hydrogens is 687 g/mol. The molecule has 0 aromatic heterocycles. The number of carbonyl (C=O) groups excluding carboxylic acids is 1. The van der Waals surface area contributed by atoms with E-state index in [0.29, 0.717) is 6.42 Å². The first-order chi connectivity index (χ1) is 27.7. The first-order valence-electron chi connectivity index (χ1n) is 24.9. The number of aliphatic hydroxyl groups excluding tert-OH is 2. The van der Waals surface area contributed by atoms with Crippen LogP contribution in [0.2, 0.25) is 0 Å². The lowest BCUT2D eigenvalue weighted by atomic mass is 10.0. The fourth-order valence-electron chi connectivity index (χ4n) is 7.53. The highest BCUT2D eigenvalue weighted by atomic mass is 16.3. The van der Waals surface area contributed by atoms with E-state index in [0.717, 1.165) is 44.9 Å². The minimum Gasteiger partial charge on any atom is -0.394 e. The van der Waals surface area contributed by atoms with E-state index in [-0.39, 0.29) is 12.5 Å². The Labute approximate surface area is 350 Å². The summed E-state index contributed by atoms with van der Waals surface area (Å²) in [5.41, 5.74) is 0. The van der Waals surface area contributed by atoms with Crippen molar-refractivity contribution < 1.29 is 15.0 Å². The van der Waals surface area contributed by atoms with Crippen LogP contribution in [-0.2, 0) is 4.79 Å². The summed E-state index contributed by atoms with van der Waals surface area (Å²) in [4.78, 5) is 12.4. The highest BCUT2D eigenvalue weighted by molar-refractivity contribution is 5.76. The molecule has 3 N–H and O–H groups in total. The van der Waals surface area contributed by atoms with Crippen molar-refractivity contribution in [1.82, 2.24) is 5.32 Å². The Morgan fingerprint density at radius 1 is 0.446 bits per heavy atom. The van der Waals surface area contributed by atoms with Gasteiger partial charge < -0.3 is 15.5 Å². The summed E-state index contributed by atoms with van der Waals surface area (Å²) in [6.45, 7) is 4.21. The summed E-state index contributed by atoms with van der Waals surface area (Å²) < 4.78 is 0. The van der Waals surface area contributed by atoms with Gasteiger partial charge in [0.2, 0.25) is 5.91 Å². The number of allylic oxidation sites excluding steroid dienone is 7. The molecule has 0 aromatic rings. The van der Waals surface area contributed by atoms with Crippen molar-refractivity contribution in [2.24, 2.45) is 0 Å². The lowest BCUT2D eigenvalue weighted by Gasteiger charge is -2.19. The fraction of sp³-hybridized carbons (Fsp3) is 0.827. The zero-order chi connectivity index (χ0) is 40.7. The van der Waals surface area contributed by atoms with Crippen LogP contribution in [0.25, 0.3) is 0 Å². The Morgan fingerprint density at radius 3 is 1.23 bits per heavy atom. The predicted molar refractivity (Wildman–Crippen MR) is 248 cm³/mol. The van der Waals surface area contributed by atoms with E-state index in [1.807, 2.05) is 6.08 Å². The van der Waals surface area contributed by atoms with Crippen molar-refractivity contribution in [3.8, 4) is 0 Å². The van der Waals surface area contributed by atoms with Gasteiger partial charge in [0.15, 0.2) is 0 Å². The van der Waals surface area contributed by atoms with Crippen LogP contribution in [0.5, 0.6) is 0 Å². The third-order valence-electron chi connectivity index (χ3n) is 11.3. The quantitative estimate of drug-likeness (QED) is 0.0425. The number of amides is 1. The van der Waals surface area contributed by atoms with Crippen molar-refractivity contribution in [1.29, 1.82) is 0 Å². The third-order valence-corrected chi connectivity index (χ3v) is 11.3. The van der Waals surface area contributed by atoms with Gasteiger partial charge in [-0.3, -0.25) is 4.79 Å². The van der Waals surface area contributed by atoms with E-state index >= 15 is 0 Å².